The Labute approximate surface area is 113 Å². The zero-order chi connectivity index (χ0) is 13.2. The summed E-state index contributed by atoms with van der Waals surface area (Å²) in [7, 11) is 1.78. The van der Waals surface area contributed by atoms with Gasteiger partial charge in [-0.1, -0.05) is 6.92 Å². The minimum Gasteiger partial charge on any atom is -0.385 e. The normalized spacial score (nSPS) is 20.2. The number of nitrogens with one attached hydrogen (secondary N) is 1. The first-order chi connectivity index (χ1) is 8.77. The monoisotopic (exact) mass is 256 g/mol. The lowest BCUT2D eigenvalue weighted by molar-refractivity contribution is 0.161. The van der Waals surface area contributed by atoms with Gasteiger partial charge < -0.3 is 15.0 Å². The summed E-state index contributed by atoms with van der Waals surface area (Å²) in [6, 6.07) is 0.677. The minimum absolute atomic E-state index is 0.677. The molecule has 1 heterocycles. The van der Waals surface area contributed by atoms with E-state index in [0.29, 0.717) is 6.04 Å². The Bertz CT molecular complexity index is 191. The van der Waals surface area contributed by atoms with Gasteiger partial charge >= 0.3 is 0 Å². The maximum atomic E-state index is 5.07. The fourth-order valence-corrected chi connectivity index (χ4v) is 2.86. The van der Waals surface area contributed by atoms with Gasteiger partial charge in [0, 0.05) is 19.8 Å². The standard InChI is InChI=1S/C15H32N2O/c1-4-10-17-11-7-15(8-12-17)14(2)16-9-5-6-13-18-3/h14-16H,4-13H2,1-3H3. The van der Waals surface area contributed by atoms with Crippen molar-refractivity contribution in [3.05, 3.63) is 0 Å². The van der Waals surface area contributed by atoms with Crippen LogP contribution in [0.3, 0.4) is 0 Å². The highest BCUT2D eigenvalue weighted by Crippen LogP contribution is 2.20. The largest absolute Gasteiger partial charge is 0.385 e. The number of hydrogen-bond acceptors (Lipinski definition) is 3. The molecule has 0 bridgehead atoms. The van der Waals surface area contributed by atoms with E-state index in [9.17, 15) is 0 Å². The maximum absolute atomic E-state index is 5.07. The predicted octanol–water partition coefficient (Wildman–Crippen LogP) is 2.51. The summed E-state index contributed by atoms with van der Waals surface area (Å²) in [5, 5.41) is 3.68. The van der Waals surface area contributed by atoms with Crippen LogP contribution in [0.1, 0.15) is 46.0 Å². The average molecular weight is 256 g/mol. The number of piperidine rings is 1. The van der Waals surface area contributed by atoms with Gasteiger partial charge in [-0.2, -0.15) is 0 Å². The molecule has 0 aromatic rings. The van der Waals surface area contributed by atoms with Crippen molar-refractivity contribution in [3.8, 4) is 0 Å². The van der Waals surface area contributed by atoms with Crippen molar-refractivity contribution in [2.75, 3.05) is 39.9 Å². The van der Waals surface area contributed by atoms with E-state index in [2.05, 4.69) is 24.1 Å². The molecule has 0 aromatic carbocycles. The molecule has 3 heteroatoms. The van der Waals surface area contributed by atoms with E-state index in [1.54, 1.807) is 7.11 Å². The molecule has 1 unspecified atom stereocenters. The second kappa shape index (κ2) is 9.76. The Hall–Kier alpha value is -0.120. The SMILES string of the molecule is CCCN1CCC(C(C)NCCCCOC)CC1. The van der Waals surface area contributed by atoms with Gasteiger partial charge in [0.2, 0.25) is 0 Å². The third-order valence-electron chi connectivity index (χ3n) is 4.12. The fraction of sp³-hybridized carbons (Fsp3) is 1.00. The second-order valence-corrected chi connectivity index (χ2v) is 5.62. The average Bonchev–Trinajstić information content (AvgIpc) is 2.39. The molecule has 1 fully saturated rings. The third-order valence-corrected chi connectivity index (χ3v) is 4.12. The third kappa shape index (κ3) is 6.17. The zero-order valence-electron chi connectivity index (χ0n) is 12.6. The fourth-order valence-electron chi connectivity index (χ4n) is 2.86. The lowest BCUT2D eigenvalue weighted by Crippen LogP contribution is -2.42. The zero-order valence-corrected chi connectivity index (χ0v) is 12.6. The molecule has 1 aliphatic heterocycles. The van der Waals surface area contributed by atoms with Crippen LogP contribution in [-0.2, 0) is 4.74 Å². The highest BCUT2D eigenvalue weighted by Gasteiger charge is 2.22. The molecule has 0 aromatic heterocycles. The molecule has 108 valence electrons. The number of nitrogens with zero attached hydrogens (tertiary/aromatic N) is 1. The highest BCUT2D eigenvalue weighted by atomic mass is 16.5. The number of likely N-dealkylation sites (tertiary alicyclic amines) is 1. The van der Waals surface area contributed by atoms with Gasteiger partial charge in [0.1, 0.15) is 0 Å². The molecular weight excluding hydrogens is 224 g/mol. The summed E-state index contributed by atoms with van der Waals surface area (Å²) in [4.78, 5) is 2.61. The van der Waals surface area contributed by atoms with Crippen molar-refractivity contribution in [3.63, 3.8) is 0 Å². The van der Waals surface area contributed by atoms with Gasteiger partial charge in [0.05, 0.1) is 0 Å². The van der Waals surface area contributed by atoms with Crippen LogP contribution < -0.4 is 5.32 Å². The van der Waals surface area contributed by atoms with Crippen LogP contribution in [0.25, 0.3) is 0 Å². The molecule has 1 aliphatic rings. The van der Waals surface area contributed by atoms with Crippen molar-refractivity contribution < 1.29 is 4.74 Å². The molecular formula is C15H32N2O. The van der Waals surface area contributed by atoms with Crippen molar-refractivity contribution in [1.82, 2.24) is 10.2 Å². The summed E-state index contributed by atoms with van der Waals surface area (Å²) < 4.78 is 5.07. The highest BCUT2D eigenvalue weighted by molar-refractivity contribution is 4.79. The Morgan fingerprint density at radius 3 is 2.61 bits per heavy atom. The van der Waals surface area contributed by atoms with Crippen LogP contribution in [-0.4, -0.2) is 50.8 Å². The first-order valence-electron chi connectivity index (χ1n) is 7.72. The predicted molar refractivity (Wildman–Crippen MR) is 78.0 cm³/mol. The summed E-state index contributed by atoms with van der Waals surface area (Å²) >= 11 is 0. The lowest BCUT2D eigenvalue weighted by Gasteiger charge is -2.35. The first-order valence-corrected chi connectivity index (χ1v) is 7.72. The van der Waals surface area contributed by atoms with Crippen LogP contribution in [0, 0.1) is 5.92 Å². The van der Waals surface area contributed by atoms with Crippen LogP contribution in [0.15, 0.2) is 0 Å². The first kappa shape index (κ1) is 15.9. The summed E-state index contributed by atoms with van der Waals surface area (Å²) in [5.41, 5.74) is 0. The van der Waals surface area contributed by atoms with Crippen LogP contribution in [0.2, 0.25) is 0 Å². The topological polar surface area (TPSA) is 24.5 Å². The molecule has 0 aliphatic carbocycles. The van der Waals surface area contributed by atoms with Gasteiger partial charge in [0.25, 0.3) is 0 Å². The van der Waals surface area contributed by atoms with Gasteiger partial charge in [-0.25, -0.2) is 0 Å². The molecule has 18 heavy (non-hydrogen) atoms. The molecule has 0 saturated carbocycles. The molecule has 1 saturated heterocycles. The summed E-state index contributed by atoms with van der Waals surface area (Å²) in [5.74, 6) is 0.875. The van der Waals surface area contributed by atoms with Crippen molar-refractivity contribution in [1.29, 1.82) is 0 Å². The quantitative estimate of drug-likeness (QED) is 0.642. The van der Waals surface area contributed by atoms with Gasteiger partial charge in [-0.05, 0) is 71.1 Å². The van der Waals surface area contributed by atoms with E-state index < -0.39 is 0 Å². The molecule has 1 rings (SSSR count). The molecule has 1 N–H and O–H groups in total. The summed E-state index contributed by atoms with van der Waals surface area (Å²) in [6.07, 6.45) is 6.43. The Balaban J connectivity index is 2.06. The number of methoxy groups -OCH3 is 1. The van der Waals surface area contributed by atoms with E-state index >= 15 is 0 Å². The van der Waals surface area contributed by atoms with Crippen LogP contribution in [0.4, 0.5) is 0 Å². The summed E-state index contributed by atoms with van der Waals surface area (Å²) in [6.45, 7) is 10.5. The number of hydrogen-bond donors (Lipinski definition) is 1. The van der Waals surface area contributed by atoms with Crippen molar-refractivity contribution in [2.24, 2.45) is 5.92 Å². The van der Waals surface area contributed by atoms with Crippen molar-refractivity contribution >= 4 is 0 Å². The van der Waals surface area contributed by atoms with E-state index in [1.807, 2.05) is 0 Å². The van der Waals surface area contributed by atoms with Gasteiger partial charge in [0.15, 0.2) is 0 Å². The smallest absolute Gasteiger partial charge is 0.0462 e. The van der Waals surface area contributed by atoms with E-state index in [4.69, 9.17) is 4.74 Å². The molecule has 0 spiro atoms. The molecule has 0 amide bonds. The minimum atomic E-state index is 0.677. The lowest BCUT2D eigenvalue weighted by atomic mass is 9.90. The Morgan fingerprint density at radius 2 is 2.00 bits per heavy atom. The van der Waals surface area contributed by atoms with E-state index in [-0.39, 0.29) is 0 Å². The molecule has 0 radical (unpaired) electrons. The maximum Gasteiger partial charge on any atom is 0.0462 e. The van der Waals surface area contributed by atoms with Crippen molar-refractivity contribution in [2.45, 2.75) is 52.0 Å². The Morgan fingerprint density at radius 1 is 1.28 bits per heavy atom. The van der Waals surface area contributed by atoms with Crippen LogP contribution >= 0.6 is 0 Å². The molecule has 3 nitrogen and oxygen atoms in total. The second-order valence-electron chi connectivity index (χ2n) is 5.62. The Kier molecular flexibility index (Phi) is 8.64. The van der Waals surface area contributed by atoms with Gasteiger partial charge in [-0.15, -0.1) is 0 Å². The number of ether oxygens (including phenoxy) is 1. The number of unbranched alkanes of at least 4 members (excludes halogenated alkanes) is 1. The molecule has 1 atom stereocenters. The number of rotatable bonds is 9. The van der Waals surface area contributed by atoms with Gasteiger partial charge in [-0.3, -0.25) is 0 Å². The van der Waals surface area contributed by atoms with E-state index in [1.165, 1.54) is 51.7 Å². The van der Waals surface area contributed by atoms with Crippen LogP contribution in [0.5, 0.6) is 0 Å². The van der Waals surface area contributed by atoms with E-state index in [0.717, 1.165) is 19.1 Å².